The number of hydrogen-bond donors (Lipinski definition) is 3. The predicted octanol–water partition coefficient (Wildman–Crippen LogP) is 5.63. The molecular weight excluding hydrogens is 712 g/mol. The van der Waals surface area contributed by atoms with Gasteiger partial charge in [0.25, 0.3) is 5.91 Å². The van der Waals surface area contributed by atoms with E-state index in [1.54, 1.807) is 38.1 Å². The molecule has 1 aliphatic carbocycles. The predicted molar refractivity (Wildman–Crippen MR) is 199 cm³/mol. The van der Waals surface area contributed by atoms with Crippen molar-refractivity contribution in [2.45, 2.75) is 66.5 Å². The zero-order valence-corrected chi connectivity index (χ0v) is 31.5. The van der Waals surface area contributed by atoms with Crippen LogP contribution in [0.4, 0.5) is 4.79 Å². The smallest absolute Gasteiger partial charge is 0.415 e. The first-order valence-corrected chi connectivity index (χ1v) is 17.5. The van der Waals surface area contributed by atoms with Gasteiger partial charge in [0.05, 0.1) is 13.0 Å². The fraction of sp³-hybridized carbons (Fsp3) is 0.350. The summed E-state index contributed by atoms with van der Waals surface area (Å²) in [5.74, 6) is -3.16. The highest BCUT2D eigenvalue weighted by molar-refractivity contribution is 6.08. The highest BCUT2D eigenvalue weighted by Crippen LogP contribution is 2.35. The molecule has 2 atom stereocenters. The van der Waals surface area contributed by atoms with Gasteiger partial charge >= 0.3 is 24.0 Å². The normalized spacial score (nSPS) is 13.1. The van der Waals surface area contributed by atoms with E-state index in [4.69, 9.17) is 29.1 Å². The van der Waals surface area contributed by atoms with Crippen LogP contribution in [0.3, 0.4) is 0 Å². The van der Waals surface area contributed by atoms with Crippen molar-refractivity contribution >= 4 is 47.6 Å². The van der Waals surface area contributed by atoms with Gasteiger partial charge in [-0.15, -0.1) is 0 Å². The second kappa shape index (κ2) is 18.6. The number of carbonyl (C=O) groups excluding carboxylic acids is 6. The molecule has 1 saturated carbocycles. The third-order valence-corrected chi connectivity index (χ3v) is 8.22. The lowest BCUT2D eigenvalue weighted by Crippen LogP contribution is -2.34. The van der Waals surface area contributed by atoms with Crippen LogP contribution in [0, 0.1) is 17.2 Å². The Kier molecular flexibility index (Phi) is 14.0. The minimum Gasteiger partial charge on any atom is -0.496 e. The molecule has 55 heavy (non-hydrogen) atoms. The number of pyridine rings is 1. The maximum Gasteiger partial charge on any atom is 0.415 e. The van der Waals surface area contributed by atoms with Crippen molar-refractivity contribution in [1.82, 2.24) is 15.6 Å². The summed E-state index contributed by atoms with van der Waals surface area (Å²) in [5, 5.41) is 13.3. The molecule has 1 heterocycles. The fourth-order valence-corrected chi connectivity index (χ4v) is 5.21. The average Bonchev–Trinajstić information content (AvgIpc) is 3.97. The summed E-state index contributed by atoms with van der Waals surface area (Å²) in [7, 11) is 1.44. The standard InChI is InChI=1S/C40H44N4O11/c1-8-27-18-31(33(46)17-25-11-13-28(14-12-25)36(41)44-40(50)55-23(5)52-22(4)45)30(19-34(27)51-7)29-15-16-32(37(47)42-20-26-9-10-26)43-35(29)39(49)54-24(6)53-38(48)21(2)3/h8,11-16,18-19,21,23-24,26H,1,9-10,17,20H2,2-7H3,(H,42,47)(H2,41,44,50). The maximum atomic E-state index is 14.1. The van der Waals surface area contributed by atoms with Crippen LogP contribution < -0.4 is 15.4 Å². The van der Waals surface area contributed by atoms with E-state index in [0.717, 1.165) is 19.8 Å². The van der Waals surface area contributed by atoms with Crippen molar-refractivity contribution in [3.05, 3.63) is 88.8 Å². The van der Waals surface area contributed by atoms with Crippen LogP contribution in [0.1, 0.15) is 95.5 Å². The minimum absolute atomic E-state index is 0.0574. The third kappa shape index (κ3) is 11.6. The maximum absolute atomic E-state index is 14.1. The number of amidine groups is 1. The Hall–Kier alpha value is -6.38. The Labute approximate surface area is 318 Å². The highest BCUT2D eigenvalue weighted by atomic mass is 16.7. The Morgan fingerprint density at radius 3 is 2.18 bits per heavy atom. The van der Waals surface area contributed by atoms with Crippen LogP contribution in [-0.2, 0) is 35.0 Å². The number of nitrogens with zero attached hydrogens (tertiary/aromatic N) is 1. The highest BCUT2D eigenvalue weighted by Gasteiger charge is 2.28. The van der Waals surface area contributed by atoms with E-state index in [2.05, 4.69) is 22.2 Å². The Bertz CT molecular complexity index is 1990. The molecule has 0 spiro atoms. The van der Waals surface area contributed by atoms with Gasteiger partial charge in [-0.25, -0.2) is 14.6 Å². The zero-order valence-electron chi connectivity index (χ0n) is 31.5. The summed E-state index contributed by atoms with van der Waals surface area (Å²) in [6, 6.07) is 12.3. The number of ketones is 1. The Morgan fingerprint density at radius 2 is 1.58 bits per heavy atom. The number of methoxy groups -OCH3 is 1. The van der Waals surface area contributed by atoms with Gasteiger partial charge in [-0.2, -0.15) is 0 Å². The minimum atomic E-state index is -1.29. The van der Waals surface area contributed by atoms with Gasteiger partial charge in [0, 0.05) is 56.0 Å². The number of benzene rings is 2. The van der Waals surface area contributed by atoms with E-state index in [0.29, 0.717) is 34.9 Å². The first kappa shape index (κ1) is 41.4. The molecule has 1 fully saturated rings. The molecule has 3 aromatic rings. The first-order valence-electron chi connectivity index (χ1n) is 17.5. The van der Waals surface area contributed by atoms with Crippen LogP contribution >= 0.6 is 0 Å². The van der Waals surface area contributed by atoms with Crippen LogP contribution in [-0.4, -0.2) is 72.7 Å². The Balaban J connectivity index is 1.66. The molecular formula is C40H44N4O11. The number of nitrogens with one attached hydrogen (secondary N) is 3. The SMILES string of the molecule is C=Cc1cc(C(=O)Cc2ccc(C(=N)NC(=O)OC(C)OC(C)=O)cc2)c(-c2ccc(C(=O)NCC3CC3)nc2C(=O)OC(C)OC(=O)C(C)C)cc1OC. The second-order valence-electron chi connectivity index (χ2n) is 13.0. The van der Waals surface area contributed by atoms with E-state index in [1.807, 2.05) is 0 Å². The van der Waals surface area contributed by atoms with Gasteiger partial charge in [0.15, 0.2) is 11.5 Å². The molecule has 0 radical (unpaired) electrons. The molecule has 15 nitrogen and oxygen atoms in total. The van der Waals surface area contributed by atoms with Gasteiger partial charge in [0.1, 0.15) is 17.3 Å². The number of Topliss-reactive ketones (excluding diaryl/α,β-unsaturated/α-hetero) is 1. The zero-order chi connectivity index (χ0) is 40.4. The van der Waals surface area contributed by atoms with E-state index in [1.165, 1.54) is 51.3 Å². The van der Waals surface area contributed by atoms with Crippen molar-refractivity contribution in [3.63, 3.8) is 0 Å². The van der Waals surface area contributed by atoms with Crippen LogP contribution in [0.25, 0.3) is 17.2 Å². The molecule has 2 unspecified atom stereocenters. The van der Waals surface area contributed by atoms with Crippen LogP contribution in [0.2, 0.25) is 0 Å². The van der Waals surface area contributed by atoms with Crippen LogP contribution in [0.15, 0.2) is 55.1 Å². The Morgan fingerprint density at radius 1 is 0.909 bits per heavy atom. The number of hydrogen-bond acceptors (Lipinski definition) is 13. The number of carbonyl (C=O) groups is 6. The summed E-state index contributed by atoms with van der Waals surface area (Å²) < 4.78 is 25.9. The van der Waals surface area contributed by atoms with Gasteiger partial charge in [-0.3, -0.25) is 29.9 Å². The summed E-state index contributed by atoms with van der Waals surface area (Å²) in [6.07, 6.45) is -0.0498. The van der Waals surface area contributed by atoms with Gasteiger partial charge in [0.2, 0.25) is 12.6 Å². The number of aromatic nitrogens is 1. The molecule has 0 saturated heterocycles. The molecule has 290 valence electrons. The molecule has 15 heteroatoms. The van der Waals surface area contributed by atoms with Crippen molar-refractivity contribution < 1.29 is 52.5 Å². The summed E-state index contributed by atoms with van der Waals surface area (Å²) in [4.78, 5) is 80.7. The fourth-order valence-electron chi connectivity index (χ4n) is 5.21. The van der Waals surface area contributed by atoms with Gasteiger partial charge in [-0.05, 0) is 54.2 Å². The molecule has 0 bridgehead atoms. The second-order valence-corrected chi connectivity index (χ2v) is 13.0. The lowest BCUT2D eigenvalue weighted by Gasteiger charge is -2.19. The summed E-state index contributed by atoms with van der Waals surface area (Å²) in [6.45, 7) is 11.5. The number of amides is 2. The third-order valence-electron chi connectivity index (χ3n) is 8.22. The quantitative estimate of drug-likeness (QED) is 0.0534. The monoisotopic (exact) mass is 756 g/mol. The van der Waals surface area contributed by atoms with Crippen molar-refractivity contribution in [2.24, 2.45) is 11.8 Å². The first-order chi connectivity index (χ1) is 26.1. The lowest BCUT2D eigenvalue weighted by molar-refractivity contribution is -0.169. The van der Waals surface area contributed by atoms with E-state index >= 15 is 0 Å². The van der Waals surface area contributed by atoms with Gasteiger partial charge in [-0.1, -0.05) is 50.8 Å². The topological polar surface area (TPSA) is 209 Å². The molecule has 1 aliphatic rings. The molecule has 1 aromatic heterocycles. The number of esters is 3. The molecule has 4 rings (SSSR count). The average molecular weight is 757 g/mol. The molecule has 2 amide bonds. The van der Waals surface area contributed by atoms with E-state index in [9.17, 15) is 28.8 Å². The summed E-state index contributed by atoms with van der Waals surface area (Å²) in [5.41, 5.74) is 1.54. The molecule has 0 aliphatic heterocycles. The van der Waals surface area contributed by atoms with Crippen LogP contribution in [0.5, 0.6) is 5.75 Å². The number of rotatable bonds is 16. The van der Waals surface area contributed by atoms with Crippen molar-refractivity contribution in [3.8, 4) is 16.9 Å². The molecule has 2 aromatic carbocycles. The van der Waals surface area contributed by atoms with Gasteiger partial charge < -0.3 is 29.0 Å². The van der Waals surface area contributed by atoms with E-state index < -0.39 is 48.4 Å². The van der Waals surface area contributed by atoms with Crippen molar-refractivity contribution in [1.29, 1.82) is 5.41 Å². The largest absolute Gasteiger partial charge is 0.496 e. The number of ether oxygens (including phenoxy) is 5. The van der Waals surface area contributed by atoms with E-state index in [-0.39, 0.29) is 46.1 Å². The lowest BCUT2D eigenvalue weighted by atomic mass is 9.90. The van der Waals surface area contributed by atoms with Crippen molar-refractivity contribution in [2.75, 3.05) is 13.7 Å². The number of alkyl carbamates (subject to hydrolysis) is 1. The molecule has 3 N–H and O–H groups in total. The summed E-state index contributed by atoms with van der Waals surface area (Å²) >= 11 is 0.